The molecule has 2 aromatic rings. The Kier molecular flexibility index (Phi) is 3.46. The second-order valence-corrected chi connectivity index (χ2v) is 9.91. The van der Waals surface area contributed by atoms with Crippen LogP contribution in [0.3, 0.4) is 0 Å². The van der Waals surface area contributed by atoms with Gasteiger partial charge >= 0.3 is 6.03 Å². The molecule has 0 radical (unpaired) electrons. The summed E-state index contributed by atoms with van der Waals surface area (Å²) in [6.45, 7) is -0.668. The highest BCUT2D eigenvalue weighted by Crippen LogP contribution is 2.39. The number of amides is 3. The maximum Gasteiger partial charge on any atom is 0.338 e. The lowest BCUT2D eigenvalue weighted by molar-refractivity contribution is -0.118. The molecule has 0 bridgehead atoms. The van der Waals surface area contributed by atoms with Gasteiger partial charge in [0.1, 0.15) is 11.4 Å². The molecule has 1 N–H and O–H groups in total. The molecule has 1 aromatic heterocycles. The normalized spacial score (nSPS) is 16.1. The Hall–Kier alpha value is -1.98. The fourth-order valence-corrected chi connectivity index (χ4v) is 7.42. The fraction of sp³-hybridized carbons (Fsp3) is 0.167. The quantitative estimate of drug-likeness (QED) is 0.784. The molecule has 2 heterocycles. The molecule has 0 unspecified atom stereocenters. The van der Waals surface area contributed by atoms with Gasteiger partial charge in [-0.15, -0.1) is 11.3 Å². The minimum absolute atomic E-state index is 0.268. The predicted octanol–water partition coefficient (Wildman–Crippen LogP) is 0.545. The van der Waals surface area contributed by atoms with E-state index < -0.39 is 42.6 Å². The molecule has 1 saturated heterocycles. The van der Waals surface area contributed by atoms with Crippen LogP contribution in [-0.2, 0) is 24.7 Å². The van der Waals surface area contributed by atoms with Crippen molar-refractivity contribution in [3.05, 3.63) is 24.3 Å². The number of nitrogens with zero attached hydrogens (tertiary/aromatic N) is 1. The first kappa shape index (κ1) is 15.9. The van der Waals surface area contributed by atoms with Gasteiger partial charge < -0.3 is 0 Å². The number of hydrogen-bond acceptors (Lipinski definition) is 7. The molecule has 3 amide bonds. The van der Waals surface area contributed by atoms with Crippen molar-refractivity contribution < 1.29 is 26.4 Å². The average Bonchev–Trinajstić information content (AvgIpc) is 2.98. The van der Waals surface area contributed by atoms with Crippen LogP contribution in [0.2, 0.25) is 0 Å². The Morgan fingerprint density at radius 1 is 1.13 bits per heavy atom. The minimum atomic E-state index is -4.46. The summed E-state index contributed by atoms with van der Waals surface area (Å²) in [4.78, 5) is 22.5. The Morgan fingerprint density at radius 3 is 2.35 bits per heavy atom. The summed E-state index contributed by atoms with van der Waals surface area (Å²) in [5, 5.41) is 2.13. The van der Waals surface area contributed by atoms with Crippen LogP contribution in [-0.4, -0.2) is 45.9 Å². The standard InChI is InChI=1S/C12H10N2O6S3/c1-22(17,18)10-7-4-2-3-5-8(7)21-11(10)23(19,20)14-6-9(15)13-12(14)16/h2-5H,6H2,1H3,(H,13,15,16). The number of rotatable bonds is 3. The molecule has 23 heavy (non-hydrogen) atoms. The Bertz CT molecular complexity index is 1050. The van der Waals surface area contributed by atoms with E-state index in [-0.39, 0.29) is 10.3 Å². The van der Waals surface area contributed by atoms with E-state index in [0.29, 0.717) is 9.01 Å². The monoisotopic (exact) mass is 374 g/mol. The number of nitrogens with one attached hydrogen (secondary N) is 1. The van der Waals surface area contributed by atoms with Gasteiger partial charge in [-0.25, -0.2) is 17.5 Å². The van der Waals surface area contributed by atoms with E-state index in [2.05, 4.69) is 0 Å². The second kappa shape index (κ2) is 5.01. The summed E-state index contributed by atoms with van der Waals surface area (Å²) < 4.78 is 49.9. The van der Waals surface area contributed by atoms with E-state index in [1.54, 1.807) is 18.2 Å². The lowest BCUT2D eigenvalue weighted by Crippen LogP contribution is -2.34. The number of urea groups is 1. The molecule has 1 fully saturated rings. The van der Waals surface area contributed by atoms with Crippen molar-refractivity contribution in [1.29, 1.82) is 0 Å². The lowest BCUT2D eigenvalue weighted by Gasteiger charge is -2.13. The van der Waals surface area contributed by atoms with Gasteiger partial charge in [0, 0.05) is 16.3 Å². The van der Waals surface area contributed by atoms with E-state index in [4.69, 9.17) is 0 Å². The molecule has 8 nitrogen and oxygen atoms in total. The van der Waals surface area contributed by atoms with Crippen LogP contribution in [0.4, 0.5) is 4.79 Å². The lowest BCUT2D eigenvalue weighted by atomic mass is 10.3. The molecule has 0 spiro atoms. The van der Waals surface area contributed by atoms with Crippen LogP contribution in [0.1, 0.15) is 0 Å². The average molecular weight is 374 g/mol. The molecule has 11 heteroatoms. The first-order valence-electron chi connectivity index (χ1n) is 6.20. The maximum atomic E-state index is 12.7. The largest absolute Gasteiger partial charge is 0.338 e. The number of imide groups is 1. The zero-order chi connectivity index (χ0) is 17.0. The SMILES string of the molecule is CS(=O)(=O)c1c(S(=O)(=O)N2CC(=O)NC2=O)sc2ccccc12. The molecule has 1 aromatic carbocycles. The van der Waals surface area contributed by atoms with E-state index in [1.807, 2.05) is 5.32 Å². The van der Waals surface area contributed by atoms with Crippen molar-refractivity contribution in [1.82, 2.24) is 9.62 Å². The van der Waals surface area contributed by atoms with Crippen LogP contribution in [0.25, 0.3) is 10.1 Å². The Morgan fingerprint density at radius 2 is 1.78 bits per heavy atom. The number of benzene rings is 1. The first-order valence-corrected chi connectivity index (χ1v) is 10.4. The molecule has 0 saturated carbocycles. The summed E-state index contributed by atoms with van der Waals surface area (Å²) in [6.07, 6.45) is 0.899. The molecule has 0 atom stereocenters. The van der Waals surface area contributed by atoms with Crippen molar-refractivity contribution in [3.8, 4) is 0 Å². The van der Waals surface area contributed by atoms with E-state index >= 15 is 0 Å². The fourth-order valence-electron chi connectivity index (χ4n) is 2.24. The number of carbonyl (C=O) groups excluding carboxylic acids is 2. The highest BCUT2D eigenvalue weighted by atomic mass is 32.2. The van der Waals surface area contributed by atoms with E-state index in [9.17, 15) is 26.4 Å². The third-order valence-electron chi connectivity index (χ3n) is 3.18. The van der Waals surface area contributed by atoms with Crippen molar-refractivity contribution in [2.75, 3.05) is 12.8 Å². The number of fused-ring (bicyclic) bond motifs is 1. The van der Waals surface area contributed by atoms with Gasteiger partial charge in [-0.05, 0) is 6.07 Å². The van der Waals surface area contributed by atoms with Crippen LogP contribution >= 0.6 is 11.3 Å². The minimum Gasteiger partial charge on any atom is -0.275 e. The Labute approximate surface area is 135 Å². The maximum absolute atomic E-state index is 12.7. The zero-order valence-electron chi connectivity index (χ0n) is 11.6. The van der Waals surface area contributed by atoms with Gasteiger partial charge in [0.15, 0.2) is 14.0 Å². The highest BCUT2D eigenvalue weighted by molar-refractivity contribution is 7.95. The molecule has 1 aliphatic heterocycles. The molecule has 3 rings (SSSR count). The number of thiophene rings is 1. The topological polar surface area (TPSA) is 118 Å². The summed E-state index contributed by atoms with van der Waals surface area (Å²) in [5.41, 5.74) is 0. The molecule has 0 aliphatic carbocycles. The van der Waals surface area contributed by atoms with Gasteiger partial charge in [-0.1, -0.05) is 18.2 Å². The third kappa shape index (κ3) is 2.50. The second-order valence-electron chi connectivity index (χ2n) is 4.85. The van der Waals surface area contributed by atoms with Crippen LogP contribution in [0.15, 0.2) is 33.4 Å². The summed E-state index contributed by atoms with van der Waals surface area (Å²) in [7, 11) is -8.33. The summed E-state index contributed by atoms with van der Waals surface area (Å²) >= 11 is 0.748. The summed E-state index contributed by atoms with van der Waals surface area (Å²) in [5.74, 6) is -0.763. The molecular weight excluding hydrogens is 364 g/mol. The van der Waals surface area contributed by atoms with Crippen LogP contribution in [0, 0.1) is 0 Å². The number of sulfonamides is 1. The van der Waals surface area contributed by atoms with Gasteiger partial charge in [0.2, 0.25) is 5.91 Å². The van der Waals surface area contributed by atoms with Crippen LogP contribution < -0.4 is 5.32 Å². The van der Waals surface area contributed by atoms with Crippen molar-refractivity contribution in [3.63, 3.8) is 0 Å². The van der Waals surface area contributed by atoms with Crippen molar-refractivity contribution in [2.45, 2.75) is 9.10 Å². The van der Waals surface area contributed by atoms with Gasteiger partial charge in [0.05, 0.1) is 0 Å². The van der Waals surface area contributed by atoms with E-state index in [0.717, 1.165) is 17.6 Å². The smallest absolute Gasteiger partial charge is 0.275 e. The Balaban J connectivity index is 2.32. The van der Waals surface area contributed by atoms with E-state index in [1.165, 1.54) is 6.07 Å². The van der Waals surface area contributed by atoms with Crippen LogP contribution in [0.5, 0.6) is 0 Å². The van der Waals surface area contributed by atoms with Gasteiger partial charge in [0.25, 0.3) is 10.0 Å². The van der Waals surface area contributed by atoms with Gasteiger partial charge in [-0.2, -0.15) is 8.42 Å². The first-order chi connectivity index (χ1) is 10.6. The molecule has 122 valence electrons. The predicted molar refractivity (Wildman–Crippen MR) is 82.4 cm³/mol. The summed E-state index contributed by atoms with van der Waals surface area (Å²) in [6, 6.07) is 5.23. The molecule has 1 aliphatic rings. The number of hydrogen-bond donors (Lipinski definition) is 1. The third-order valence-corrected chi connectivity index (χ3v) is 7.99. The highest BCUT2D eigenvalue weighted by Gasteiger charge is 2.41. The molecular formula is C12H10N2O6S3. The van der Waals surface area contributed by atoms with Crippen molar-refractivity contribution >= 4 is 53.2 Å². The number of carbonyl (C=O) groups is 2. The van der Waals surface area contributed by atoms with Crippen molar-refractivity contribution in [2.24, 2.45) is 0 Å². The number of sulfone groups is 1. The van der Waals surface area contributed by atoms with Gasteiger partial charge in [-0.3, -0.25) is 10.1 Å². The zero-order valence-corrected chi connectivity index (χ0v) is 14.1.